The van der Waals surface area contributed by atoms with Gasteiger partial charge in [0.05, 0.1) is 9.81 Å². The molecule has 50 heavy (non-hydrogen) atoms. The molecule has 2 aliphatic heterocycles. The first-order valence-electron chi connectivity index (χ1n) is 15.6. The number of amides is 4. The quantitative estimate of drug-likeness (QED) is 0.104. The van der Waals surface area contributed by atoms with E-state index in [9.17, 15) is 19.2 Å². The zero-order valence-electron chi connectivity index (χ0n) is 26.5. The van der Waals surface area contributed by atoms with E-state index < -0.39 is 0 Å². The topological polar surface area (TPSA) is 125 Å². The summed E-state index contributed by atoms with van der Waals surface area (Å²) in [4.78, 5) is 65.9. The molecule has 2 saturated heterocycles. The number of thiocarbonyl (C=S) groups is 2. The van der Waals surface area contributed by atoms with Gasteiger partial charge in [-0.25, -0.2) is 9.97 Å². The summed E-state index contributed by atoms with van der Waals surface area (Å²) < 4.78 is 0.652. The van der Waals surface area contributed by atoms with Crippen LogP contribution in [0.2, 0.25) is 0 Å². The van der Waals surface area contributed by atoms with Crippen LogP contribution in [0.3, 0.4) is 0 Å². The van der Waals surface area contributed by atoms with Gasteiger partial charge in [0.2, 0.25) is 11.8 Å². The summed E-state index contributed by atoms with van der Waals surface area (Å²) in [7, 11) is 0. The van der Waals surface area contributed by atoms with Gasteiger partial charge in [0.25, 0.3) is 11.8 Å². The maximum Gasteiger partial charge on any atom is 0.267 e. The number of nitrogens with one attached hydrogen (secondary N) is 2. The number of aromatic nitrogens is 2. The largest absolute Gasteiger partial charge is 0.302 e. The number of benzene rings is 2. The molecule has 0 spiro atoms. The van der Waals surface area contributed by atoms with Crippen molar-refractivity contribution in [3.8, 4) is 0 Å². The van der Waals surface area contributed by atoms with Crippen LogP contribution in [-0.2, 0) is 32.0 Å². The zero-order valence-corrected chi connectivity index (χ0v) is 31.4. The Balaban J connectivity index is 0.939. The second kappa shape index (κ2) is 16.9. The van der Waals surface area contributed by atoms with Gasteiger partial charge in [0, 0.05) is 60.9 Å². The lowest BCUT2D eigenvalue weighted by molar-refractivity contribution is -0.124. The van der Waals surface area contributed by atoms with Crippen molar-refractivity contribution >= 4 is 113 Å². The van der Waals surface area contributed by atoms with Crippen LogP contribution < -0.4 is 10.6 Å². The summed E-state index contributed by atoms with van der Waals surface area (Å²) in [5.41, 5.74) is 2.33. The molecule has 4 amide bonds. The van der Waals surface area contributed by atoms with Gasteiger partial charge in [-0.1, -0.05) is 109 Å². The van der Waals surface area contributed by atoms with Gasteiger partial charge >= 0.3 is 0 Å². The Labute approximate surface area is 316 Å². The molecular formula is C34H30N6O4S6. The minimum Gasteiger partial charge on any atom is -0.302 e. The van der Waals surface area contributed by atoms with E-state index in [1.807, 2.05) is 60.7 Å². The number of thiazole rings is 2. The van der Waals surface area contributed by atoms with E-state index in [0.717, 1.165) is 46.1 Å². The van der Waals surface area contributed by atoms with Crippen LogP contribution in [0.4, 0.5) is 10.3 Å². The van der Waals surface area contributed by atoms with Gasteiger partial charge in [-0.2, -0.15) is 0 Å². The molecule has 16 heteroatoms. The molecule has 0 saturated carbocycles. The molecule has 0 aliphatic carbocycles. The van der Waals surface area contributed by atoms with E-state index in [2.05, 4.69) is 20.6 Å². The number of carbonyl (C=O) groups excluding carboxylic acids is 4. The van der Waals surface area contributed by atoms with Gasteiger partial charge in [-0.05, 0) is 24.0 Å². The Kier molecular flexibility index (Phi) is 12.2. The van der Waals surface area contributed by atoms with Crippen LogP contribution in [0.5, 0.6) is 0 Å². The van der Waals surface area contributed by atoms with Gasteiger partial charge in [0.15, 0.2) is 10.3 Å². The van der Waals surface area contributed by atoms with Crippen molar-refractivity contribution in [1.29, 1.82) is 0 Å². The van der Waals surface area contributed by atoms with Crippen molar-refractivity contribution in [2.45, 2.75) is 38.5 Å². The van der Waals surface area contributed by atoms with Gasteiger partial charge in [-0.3, -0.25) is 29.0 Å². The number of thioether (sulfide) groups is 2. The fourth-order valence-electron chi connectivity index (χ4n) is 5.10. The summed E-state index contributed by atoms with van der Waals surface area (Å²) in [5, 5.41) is 6.72. The highest BCUT2D eigenvalue weighted by molar-refractivity contribution is 8.29. The third-order valence-corrected chi connectivity index (χ3v) is 12.4. The molecule has 6 rings (SSSR count). The van der Waals surface area contributed by atoms with Gasteiger partial charge < -0.3 is 10.6 Å². The smallest absolute Gasteiger partial charge is 0.267 e. The van der Waals surface area contributed by atoms with Crippen molar-refractivity contribution in [2.75, 3.05) is 23.7 Å². The highest BCUT2D eigenvalue weighted by Gasteiger charge is 2.41. The molecule has 2 aliphatic rings. The van der Waals surface area contributed by atoms with E-state index in [0.29, 0.717) is 31.7 Å². The molecule has 0 unspecified atom stereocenters. The van der Waals surface area contributed by atoms with E-state index >= 15 is 0 Å². The minimum atomic E-state index is -0.374. The standard InChI is InChI=1S/C34H30N6O4S6/c41-25(37-31-35-19-23(47-31)17-21-9-3-1-4-10-21)13-7-15-39-29(43)27(49-33(39)45)28-30(44)40(34(46)50-28)16-8-14-26(42)38-32-36-20-24(48-32)18-22-11-5-2-6-12-22/h1-6,9-12,19-20H,7-8,13-18H2,(H,35,37,41)(H,36,38,42). The molecule has 2 aromatic carbocycles. The summed E-state index contributed by atoms with van der Waals surface area (Å²) in [5.74, 6) is -1.16. The second-order valence-electron chi connectivity index (χ2n) is 11.2. The van der Waals surface area contributed by atoms with E-state index in [1.165, 1.54) is 43.6 Å². The van der Waals surface area contributed by atoms with Gasteiger partial charge in [-0.15, -0.1) is 22.7 Å². The Morgan fingerprint density at radius 2 is 1.04 bits per heavy atom. The summed E-state index contributed by atoms with van der Waals surface area (Å²) in [6.07, 6.45) is 6.11. The molecule has 256 valence electrons. The second-order valence-corrected chi connectivity index (χ2v) is 16.7. The lowest BCUT2D eigenvalue weighted by Gasteiger charge is -2.14. The number of nitrogens with zero attached hydrogens (tertiary/aromatic N) is 4. The first-order valence-corrected chi connectivity index (χ1v) is 19.7. The Morgan fingerprint density at radius 1 is 0.640 bits per heavy atom. The first kappa shape index (κ1) is 36.0. The molecule has 4 heterocycles. The number of hydrogen-bond donors (Lipinski definition) is 2. The van der Waals surface area contributed by atoms with Crippen molar-refractivity contribution < 1.29 is 19.2 Å². The van der Waals surface area contributed by atoms with Crippen LogP contribution in [0.1, 0.15) is 46.6 Å². The monoisotopic (exact) mass is 778 g/mol. The fraction of sp³-hybridized carbons (Fsp3) is 0.235. The number of rotatable bonds is 14. The summed E-state index contributed by atoms with van der Waals surface area (Å²) >= 11 is 15.9. The van der Waals surface area contributed by atoms with Crippen molar-refractivity contribution in [2.24, 2.45) is 0 Å². The van der Waals surface area contributed by atoms with Crippen molar-refractivity contribution in [1.82, 2.24) is 19.8 Å². The zero-order chi connectivity index (χ0) is 35.0. The molecule has 2 N–H and O–H groups in total. The Morgan fingerprint density at radius 3 is 1.44 bits per heavy atom. The van der Waals surface area contributed by atoms with Crippen LogP contribution >= 0.6 is 70.6 Å². The third kappa shape index (κ3) is 9.30. The normalized spacial score (nSPS) is 16.1. The molecule has 0 atom stereocenters. The average molecular weight is 779 g/mol. The predicted octanol–water partition coefficient (Wildman–Crippen LogP) is 6.85. The van der Waals surface area contributed by atoms with E-state index in [1.54, 1.807) is 12.4 Å². The summed E-state index contributed by atoms with van der Waals surface area (Å²) in [6.45, 7) is 0.474. The lowest BCUT2D eigenvalue weighted by atomic mass is 10.1. The molecule has 4 aromatic rings. The molecule has 0 bridgehead atoms. The summed E-state index contributed by atoms with van der Waals surface area (Å²) in [6, 6.07) is 20.1. The van der Waals surface area contributed by atoms with Crippen LogP contribution in [0, 0.1) is 0 Å². The van der Waals surface area contributed by atoms with Gasteiger partial charge in [0.1, 0.15) is 8.64 Å². The van der Waals surface area contributed by atoms with Crippen molar-refractivity contribution in [3.05, 3.63) is 104 Å². The van der Waals surface area contributed by atoms with Crippen LogP contribution in [0.15, 0.2) is 82.9 Å². The molecule has 10 nitrogen and oxygen atoms in total. The molecule has 2 fully saturated rings. The molecule has 2 aromatic heterocycles. The van der Waals surface area contributed by atoms with Crippen LogP contribution in [-0.4, -0.2) is 65.1 Å². The average Bonchev–Trinajstić information content (AvgIpc) is 3.86. The van der Waals surface area contributed by atoms with Crippen LogP contribution in [0.25, 0.3) is 0 Å². The molecule has 0 radical (unpaired) electrons. The van der Waals surface area contributed by atoms with E-state index in [4.69, 9.17) is 24.4 Å². The SMILES string of the molecule is O=C(CCCN1C(=O)C(=C2SC(=S)N(CCCC(=O)Nc3ncc(Cc4ccccc4)s3)C2=O)SC1=S)Nc1ncc(Cc2ccccc2)s1. The fourth-order valence-corrected chi connectivity index (χ4v) is 9.60. The maximum absolute atomic E-state index is 13.3. The van der Waals surface area contributed by atoms with Crippen molar-refractivity contribution in [3.63, 3.8) is 0 Å². The Bertz CT molecular complexity index is 1820. The number of carbonyl (C=O) groups is 4. The predicted molar refractivity (Wildman–Crippen MR) is 209 cm³/mol. The highest BCUT2D eigenvalue weighted by Crippen LogP contribution is 2.42. The number of hydrogen-bond acceptors (Lipinski definition) is 12. The Hall–Kier alpha value is -3.80. The highest BCUT2D eigenvalue weighted by atomic mass is 32.2. The molecular weight excluding hydrogens is 749 g/mol. The lowest BCUT2D eigenvalue weighted by Crippen LogP contribution is -2.31. The van der Waals surface area contributed by atoms with E-state index in [-0.39, 0.29) is 59.4 Å². The number of anilines is 2. The first-order chi connectivity index (χ1) is 24.2. The third-order valence-electron chi connectivity index (χ3n) is 7.52. The maximum atomic E-state index is 13.3. The minimum absolute atomic E-state index is 0.174.